The Kier molecular flexibility index (Phi) is 3.43. The van der Waals surface area contributed by atoms with Gasteiger partial charge in [0.25, 0.3) is 0 Å². The monoisotopic (exact) mass is 238 g/mol. The number of aliphatic hydroxyl groups excluding tert-OH is 1. The van der Waals surface area contributed by atoms with Gasteiger partial charge in [-0.2, -0.15) is 0 Å². The van der Waals surface area contributed by atoms with Gasteiger partial charge in [-0.15, -0.1) is 0 Å². The molecule has 3 heteroatoms. The molecule has 0 aromatic heterocycles. The minimum Gasteiger partial charge on any atom is -0.390 e. The second-order valence-corrected chi connectivity index (χ2v) is 5.46. The lowest BCUT2D eigenvalue weighted by atomic mass is 9.71. The number of allylic oxidation sites excluding steroid dienone is 2. The standard InChI is InChI=1S/C14H22O3/c1-4-5-10-8-14(3,16)11-7-6-9(2)12(15)13(11)17-10/h4-6,10-13,15-16H,7-8H2,1-3H3/b5-4+/t10-,11+,12-,13-,14+/m1/s1. The van der Waals surface area contributed by atoms with Gasteiger partial charge in [-0.05, 0) is 32.8 Å². The van der Waals surface area contributed by atoms with Crippen LogP contribution < -0.4 is 0 Å². The topological polar surface area (TPSA) is 49.7 Å². The van der Waals surface area contributed by atoms with Crippen molar-refractivity contribution in [2.45, 2.75) is 57.5 Å². The highest BCUT2D eigenvalue weighted by Crippen LogP contribution is 2.41. The van der Waals surface area contributed by atoms with Crippen molar-refractivity contribution >= 4 is 0 Å². The van der Waals surface area contributed by atoms with Crippen LogP contribution in [-0.2, 0) is 4.74 Å². The molecule has 1 fully saturated rings. The lowest BCUT2D eigenvalue weighted by molar-refractivity contribution is -0.192. The number of hydrogen-bond acceptors (Lipinski definition) is 3. The molecule has 0 spiro atoms. The zero-order chi connectivity index (χ0) is 12.6. The van der Waals surface area contributed by atoms with Crippen molar-refractivity contribution in [3.63, 3.8) is 0 Å². The first-order valence-corrected chi connectivity index (χ1v) is 6.31. The smallest absolute Gasteiger partial charge is 0.101 e. The van der Waals surface area contributed by atoms with Crippen LogP contribution in [-0.4, -0.2) is 34.1 Å². The molecule has 0 radical (unpaired) electrons. The first kappa shape index (κ1) is 12.8. The third-order valence-electron chi connectivity index (χ3n) is 4.02. The Balaban J connectivity index is 2.25. The summed E-state index contributed by atoms with van der Waals surface area (Å²) in [6, 6.07) is 0. The van der Waals surface area contributed by atoms with Gasteiger partial charge in [0, 0.05) is 12.3 Å². The van der Waals surface area contributed by atoms with Gasteiger partial charge in [-0.25, -0.2) is 0 Å². The number of fused-ring (bicyclic) bond motifs is 1. The van der Waals surface area contributed by atoms with E-state index in [4.69, 9.17) is 4.74 Å². The van der Waals surface area contributed by atoms with Gasteiger partial charge in [-0.3, -0.25) is 0 Å². The summed E-state index contributed by atoms with van der Waals surface area (Å²) >= 11 is 0. The van der Waals surface area contributed by atoms with Gasteiger partial charge < -0.3 is 14.9 Å². The minimum atomic E-state index is -0.773. The van der Waals surface area contributed by atoms with Crippen molar-refractivity contribution in [2.24, 2.45) is 5.92 Å². The molecular weight excluding hydrogens is 216 g/mol. The molecule has 5 atom stereocenters. The second kappa shape index (κ2) is 4.56. The van der Waals surface area contributed by atoms with E-state index in [2.05, 4.69) is 0 Å². The van der Waals surface area contributed by atoms with E-state index in [1.165, 1.54) is 0 Å². The third-order valence-corrected chi connectivity index (χ3v) is 4.02. The number of hydrogen-bond donors (Lipinski definition) is 2. The van der Waals surface area contributed by atoms with Crippen LogP contribution in [0.15, 0.2) is 23.8 Å². The van der Waals surface area contributed by atoms with Gasteiger partial charge in [-0.1, -0.05) is 18.2 Å². The van der Waals surface area contributed by atoms with Crippen LogP contribution in [0.3, 0.4) is 0 Å². The van der Waals surface area contributed by atoms with Gasteiger partial charge in [0.05, 0.1) is 17.8 Å². The van der Waals surface area contributed by atoms with Crippen molar-refractivity contribution in [3.05, 3.63) is 23.8 Å². The minimum absolute atomic E-state index is 0.0114. The molecule has 2 N–H and O–H groups in total. The number of rotatable bonds is 1. The molecule has 0 aromatic carbocycles. The van der Waals surface area contributed by atoms with E-state index in [0.29, 0.717) is 6.42 Å². The van der Waals surface area contributed by atoms with Crippen molar-refractivity contribution in [2.75, 3.05) is 0 Å². The molecule has 2 aliphatic rings. The zero-order valence-electron chi connectivity index (χ0n) is 10.8. The van der Waals surface area contributed by atoms with E-state index >= 15 is 0 Å². The fourth-order valence-corrected chi connectivity index (χ4v) is 2.96. The fourth-order valence-electron chi connectivity index (χ4n) is 2.96. The average molecular weight is 238 g/mol. The lowest BCUT2D eigenvalue weighted by Crippen LogP contribution is -2.56. The summed E-state index contributed by atoms with van der Waals surface area (Å²) < 4.78 is 5.91. The summed E-state index contributed by atoms with van der Waals surface area (Å²) in [5, 5.41) is 20.7. The molecule has 17 heavy (non-hydrogen) atoms. The quantitative estimate of drug-likeness (QED) is 0.685. The van der Waals surface area contributed by atoms with Crippen molar-refractivity contribution in [3.8, 4) is 0 Å². The van der Waals surface area contributed by atoms with Crippen LogP contribution in [0.5, 0.6) is 0 Å². The van der Waals surface area contributed by atoms with Gasteiger partial charge >= 0.3 is 0 Å². The molecule has 0 bridgehead atoms. The van der Waals surface area contributed by atoms with Crippen LogP contribution in [0.4, 0.5) is 0 Å². The molecule has 0 unspecified atom stereocenters. The maximum absolute atomic E-state index is 10.5. The third kappa shape index (κ3) is 2.32. The highest BCUT2D eigenvalue weighted by Gasteiger charge is 2.48. The van der Waals surface area contributed by atoms with Crippen LogP contribution in [0.25, 0.3) is 0 Å². The highest BCUT2D eigenvalue weighted by atomic mass is 16.5. The van der Waals surface area contributed by atoms with Crippen molar-refractivity contribution in [1.82, 2.24) is 0 Å². The van der Waals surface area contributed by atoms with Crippen LogP contribution in [0, 0.1) is 5.92 Å². The normalized spacial score (nSPS) is 46.8. The Hall–Kier alpha value is -0.640. The van der Waals surface area contributed by atoms with Gasteiger partial charge in [0.15, 0.2) is 0 Å². The van der Waals surface area contributed by atoms with E-state index in [0.717, 1.165) is 12.0 Å². The molecule has 0 amide bonds. The largest absolute Gasteiger partial charge is 0.390 e. The van der Waals surface area contributed by atoms with E-state index in [1.54, 1.807) is 0 Å². The Labute approximate surface area is 103 Å². The Morgan fingerprint density at radius 2 is 2.24 bits per heavy atom. The molecule has 2 rings (SSSR count). The summed E-state index contributed by atoms with van der Waals surface area (Å²) in [4.78, 5) is 0. The Morgan fingerprint density at radius 1 is 1.53 bits per heavy atom. The predicted molar refractivity (Wildman–Crippen MR) is 66.6 cm³/mol. The average Bonchev–Trinajstić information content (AvgIpc) is 2.23. The van der Waals surface area contributed by atoms with Crippen LogP contribution in [0.1, 0.15) is 33.6 Å². The van der Waals surface area contributed by atoms with E-state index in [1.807, 2.05) is 39.0 Å². The van der Waals surface area contributed by atoms with E-state index < -0.39 is 11.7 Å². The fraction of sp³-hybridized carbons (Fsp3) is 0.714. The molecule has 0 aromatic rings. The van der Waals surface area contributed by atoms with E-state index in [-0.39, 0.29) is 18.1 Å². The predicted octanol–water partition coefficient (Wildman–Crippen LogP) is 1.80. The van der Waals surface area contributed by atoms with Crippen LogP contribution in [0.2, 0.25) is 0 Å². The van der Waals surface area contributed by atoms with E-state index in [9.17, 15) is 10.2 Å². The zero-order valence-corrected chi connectivity index (χ0v) is 10.8. The summed E-state index contributed by atoms with van der Waals surface area (Å²) in [5.41, 5.74) is 0.175. The highest BCUT2D eigenvalue weighted by molar-refractivity contribution is 5.17. The van der Waals surface area contributed by atoms with Gasteiger partial charge in [0.1, 0.15) is 6.10 Å². The molecule has 1 saturated heterocycles. The van der Waals surface area contributed by atoms with Gasteiger partial charge in [0.2, 0.25) is 0 Å². The Morgan fingerprint density at radius 3 is 2.88 bits per heavy atom. The molecule has 0 saturated carbocycles. The summed E-state index contributed by atoms with van der Waals surface area (Å²) in [5.74, 6) is -0.0114. The molecular formula is C14H22O3. The lowest BCUT2D eigenvalue weighted by Gasteiger charge is -2.48. The molecule has 96 valence electrons. The number of ether oxygens (including phenoxy) is 1. The molecule has 1 aliphatic heterocycles. The van der Waals surface area contributed by atoms with Crippen molar-refractivity contribution < 1.29 is 14.9 Å². The second-order valence-electron chi connectivity index (χ2n) is 5.46. The summed E-state index contributed by atoms with van der Waals surface area (Å²) in [6.07, 6.45) is 6.29. The maximum Gasteiger partial charge on any atom is 0.101 e. The molecule has 1 aliphatic carbocycles. The summed E-state index contributed by atoms with van der Waals surface area (Å²) in [6.45, 7) is 5.70. The maximum atomic E-state index is 10.5. The number of aliphatic hydroxyl groups is 2. The first-order chi connectivity index (χ1) is 7.95. The van der Waals surface area contributed by atoms with Crippen LogP contribution >= 0.6 is 0 Å². The Bertz CT molecular complexity index is 343. The SMILES string of the molecule is C/C=C/[C@@H]1C[C@](C)(O)[C@H]2CC=C(C)[C@@H](O)[C@@H]2O1. The van der Waals surface area contributed by atoms with Crippen molar-refractivity contribution in [1.29, 1.82) is 0 Å². The molecule has 3 nitrogen and oxygen atoms in total. The molecule has 1 heterocycles. The first-order valence-electron chi connectivity index (χ1n) is 6.31. The summed E-state index contributed by atoms with van der Waals surface area (Å²) in [7, 11) is 0.